The van der Waals surface area contributed by atoms with Crippen LogP contribution in [0.15, 0.2) is 35.3 Å². The first-order valence-electron chi connectivity index (χ1n) is 4.33. The Labute approximate surface area is 78.3 Å². The summed E-state index contributed by atoms with van der Waals surface area (Å²) in [5.41, 5.74) is 0.638. The molecule has 0 N–H and O–H groups in total. The van der Waals surface area contributed by atoms with Crippen LogP contribution in [0.4, 0.5) is 0 Å². The zero-order chi connectivity index (χ0) is 9.68. The number of amides is 1. The second-order valence-corrected chi connectivity index (χ2v) is 3.19. The Bertz CT molecular complexity index is 301. The van der Waals surface area contributed by atoms with Gasteiger partial charge < -0.3 is 0 Å². The van der Waals surface area contributed by atoms with E-state index < -0.39 is 0 Å². The van der Waals surface area contributed by atoms with Gasteiger partial charge in [-0.15, -0.1) is 0 Å². The van der Waals surface area contributed by atoms with Crippen molar-refractivity contribution in [3.8, 4) is 0 Å². The monoisotopic (exact) mass is 175 g/mol. The number of aliphatic imine (C=N–C) groups is 1. The van der Waals surface area contributed by atoms with Crippen molar-refractivity contribution in [1.29, 1.82) is 0 Å². The molecule has 0 aliphatic heterocycles. The molecule has 2 nitrogen and oxygen atoms in total. The van der Waals surface area contributed by atoms with Gasteiger partial charge in [-0.1, -0.05) is 32.0 Å². The van der Waals surface area contributed by atoms with Gasteiger partial charge in [0.2, 0.25) is 0 Å². The smallest absolute Gasteiger partial charge is 0.267 e. The number of hydrogen-bond acceptors (Lipinski definition) is 1. The van der Waals surface area contributed by atoms with Crippen molar-refractivity contribution >= 4 is 12.1 Å². The van der Waals surface area contributed by atoms with Crippen molar-refractivity contribution < 1.29 is 4.79 Å². The average Bonchev–Trinajstić information content (AvgIpc) is 2.15. The third kappa shape index (κ3) is 3.20. The lowest BCUT2D eigenvalue weighted by molar-refractivity contribution is 0.100. The summed E-state index contributed by atoms with van der Waals surface area (Å²) in [6.07, 6.45) is 1.66. The number of carbonyl (C=O) groups is 1. The Hall–Kier alpha value is -1.44. The molecule has 0 aliphatic carbocycles. The zero-order valence-electron chi connectivity index (χ0n) is 7.90. The fourth-order valence-corrected chi connectivity index (χ4v) is 0.872. The van der Waals surface area contributed by atoms with Crippen molar-refractivity contribution in [2.45, 2.75) is 13.8 Å². The van der Waals surface area contributed by atoms with Crippen LogP contribution in [-0.4, -0.2) is 12.1 Å². The van der Waals surface area contributed by atoms with Crippen molar-refractivity contribution in [3.05, 3.63) is 35.9 Å². The second-order valence-electron chi connectivity index (χ2n) is 3.19. The van der Waals surface area contributed by atoms with Gasteiger partial charge in [-0.2, -0.15) is 0 Å². The summed E-state index contributed by atoms with van der Waals surface area (Å²) >= 11 is 0. The van der Waals surface area contributed by atoms with Crippen molar-refractivity contribution in [1.82, 2.24) is 0 Å². The number of nitrogens with zero attached hydrogens (tertiary/aromatic N) is 1. The van der Waals surface area contributed by atoms with Crippen LogP contribution in [0, 0.1) is 5.92 Å². The summed E-state index contributed by atoms with van der Waals surface area (Å²) in [5.74, 6) is 0.141. The predicted molar refractivity (Wildman–Crippen MR) is 54.1 cm³/mol. The fraction of sp³-hybridized carbons (Fsp3) is 0.273. The normalized spacial score (nSPS) is 11.0. The van der Waals surface area contributed by atoms with Gasteiger partial charge in [0.25, 0.3) is 5.91 Å². The summed E-state index contributed by atoms with van der Waals surface area (Å²) < 4.78 is 0. The van der Waals surface area contributed by atoms with E-state index in [1.807, 2.05) is 32.0 Å². The highest BCUT2D eigenvalue weighted by Gasteiger charge is 2.00. The highest BCUT2D eigenvalue weighted by atomic mass is 16.1. The molecule has 0 fully saturated rings. The van der Waals surface area contributed by atoms with Gasteiger partial charge in [0, 0.05) is 11.8 Å². The molecule has 2 heteroatoms. The van der Waals surface area contributed by atoms with Crippen LogP contribution in [0.25, 0.3) is 0 Å². The molecule has 0 radical (unpaired) electrons. The van der Waals surface area contributed by atoms with Crippen LogP contribution in [0.1, 0.15) is 24.2 Å². The Morgan fingerprint density at radius 2 is 1.92 bits per heavy atom. The number of carbonyl (C=O) groups excluding carboxylic acids is 1. The molecule has 0 saturated carbocycles. The molecule has 0 aromatic heterocycles. The van der Waals surface area contributed by atoms with Crippen molar-refractivity contribution in [2.75, 3.05) is 0 Å². The lowest BCUT2D eigenvalue weighted by Gasteiger charge is -1.94. The topological polar surface area (TPSA) is 29.4 Å². The Balaban J connectivity index is 2.70. The van der Waals surface area contributed by atoms with Crippen LogP contribution in [0.3, 0.4) is 0 Å². The SMILES string of the molecule is CC(C)/C=N\C(=O)c1ccccc1. The fourth-order valence-electron chi connectivity index (χ4n) is 0.872. The molecule has 68 valence electrons. The van der Waals surface area contributed by atoms with Gasteiger partial charge in [0.05, 0.1) is 0 Å². The molecule has 1 amide bonds. The first-order valence-corrected chi connectivity index (χ1v) is 4.33. The molecule has 0 spiro atoms. The summed E-state index contributed by atoms with van der Waals surface area (Å²) in [6, 6.07) is 9.07. The zero-order valence-corrected chi connectivity index (χ0v) is 7.90. The minimum atomic E-state index is -0.172. The molecule has 0 bridgehead atoms. The van der Waals surface area contributed by atoms with Gasteiger partial charge in [-0.3, -0.25) is 4.79 Å². The molecular weight excluding hydrogens is 162 g/mol. The van der Waals surface area contributed by atoms with E-state index in [4.69, 9.17) is 0 Å². The molecule has 0 atom stereocenters. The average molecular weight is 175 g/mol. The number of hydrogen-bond donors (Lipinski definition) is 0. The van der Waals surface area contributed by atoms with Crippen LogP contribution < -0.4 is 0 Å². The largest absolute Gasteiger partial charge is 0.276 e. The molecule has 0 heterocycles. The molecule has 1 aromatic carbocycles. The number of benzene rings is 1. The maximum absolute atomic E-state index is 11.4. The van der Waals surface area contributed by atoms with Crippen LogP contribution in [0.2, 0.25) is 0 Å². The quantitative estimate of drug-likeness (QED) is 0.635. The Morgan fingerprint density at radius 1 is 1.31 bits per heavy atom. The lowest BCUT2D eigenvalue weighted by atomic mass is 10.2. The Kier molecular flexibility index (Phi) is 3.38. The highest BCUT2D eigenvalue weighted by Crippen LogP contribution is 2.00. The van der Waals surface area contributed by atoms with Crippen LogP contribution in [0.5, 0.6) is 0 Å². The third-order valence-electron chi connectivity index (χ3n) is 1.51. The summed E-state index contributed by atoms with van der Waals surface area (Å²) in [5, 5.41) is 0. The molecular formula is C11H13NO. The van der Waals surface area contributed by atoms with Gasteiger partial charge in [0.15, 0.2) is 0 Å². The summed E-state index contributed by atoms with van der Waals surface area (Å²) in [6.45, 7) is 3.98. The van der Waals surface area contributed by atoms with E-state index in [1.165, 1.54) is 0 Å². The first-order chi connectivity index (χ1) is 6.20. The molecule has 0 aliphatic rings. The van der Waals surface area contributed by atoms with Gasteiger partial charge >= 0.3 is 0 Å². The molecule has 0 saturated heterocycles. The maximum atomic E-state index is 11.4. The molecule has 1 rings (SSSR count). The van der Waals surface area contributed by atoms with Crippen LogP contribution in [-0.2, 0) is 0 Å². The van der Waals surface area contributed by atoms with E-state index in [-0.39, 0.29) is 5.91 Å². The maximum Gasteiger partial charge on any atom is 0.276 e. The minimum Gasteiger partial charge on any atom is -0.267 e. The lowest BCUT2D eigenvalue weighted by Crippen LogP contribution is -1.97. The van der Waals surface area contributed by atoms with E-state index in [1.54, 1.807) is 18.3 Å². The first kappa shape index (κ1) is 9.65. The predicted octanol–water partition coefficient (Wildman–Crippen LogP) is 2.55. The van der Waals surface area contributed by atoms with Gasteiger partial charge in [-0.05, 0) is 18.1 Å². The van der Waals surface area contributed by atoms with E-state index in [2.05, 4.69) is 4.99 Å². The van der Waals surface area contributed by atoms with Gasteiger partial charge in [-0.25, -0.2) is 4.99 Å². The van der Waals surface area contributed by atoms with Crippen LogP contribution >= 0.6 is 0 Å². The second kappa shape index (κ2) is 4.55. The third-order valence-corrected chi connectivity index (χ3v) is 1.51. The Morgan fingerprint density at radius 3 is 2.46 bits per heavy atom. The molecule has 1 aromatic rings. The minimum absolute atomic E-state index is 0.172. The summed E-state index contributed by atoms with van der Waals surface area (Å²) in [4.78, 5) is 15.2. The van der Waals surface area contributed by atoms with E-state index in [0.717, 1.165) is 0 Å². The van der Waals surface area contributed by atoms with E-state index in [0.29, 0.717) is 11.5 Å². The van der Waals surface area contributed by atoms with Crippen molar-refractivity contribution in [3.63, 3.8) is 0 Å². The van der Waals surface area contributed by atoms with E-state index >= 15 is 0 Å². The highest BCUT2D eigenvalue weighted by molar-refractivity contribution is 5.99. The number of rotatable bonds is 2. The summed E-state index contributed by atoms with van der Waals surface area (Å²) in [7, 11) is 0. The molecule has 0 unspecified atom stereocenters. The van der Waals surface area contributed by atoms with E-state index in [9.17, 15) is 4.79 Å². The van der Waals surface area contributed by atoms with Crippen molar-refractivity contribution in [2.24, 2.45) is 10.9 Å². The standard InChI is InChI=1S/C11H13NO/c1-9(2)8-12-11(13)10-6-4-3-5-7-10/h3-9H,1-2H3/b12-8-. The molecule has 13 heavy (non-hydrogen) atoms. The van der Waals surface area contributed by atoms with Gasteiger partial charge in [0.1, 0.15) is 0 Å².